The molecule has 1 saturated heterocycles. The summed E-state index contributed by atoms with van der Waals surface area (Å²) in [6.45, 7) is 10.7. The zero-order valence-electron chi connectivity index (χ0n) is 15.2. The van der Waals surface area contributed by atoms with Crippen molar-refractivity contribution in [1.29, 1.82) is 0 Å². The van der Waals surface area contributed by atoms with Gasteiger partial charge in [-0.2, -0.15) is 0 Å². The van der Waals surface area contributed by atoms with Crippen molar-refractivity contribution in [2.75, 3.05) is 91.8 Å². The Morgan fingerprint density at radius 3 is 1.42 bits per heavy atom. The number of aliphatic hydroxyl groups excluding tert-OH is 3. The maximum atomic E-state index is 9.26. The van der Waals surface area contributed by atoms with E-state index in [1.54, 1.807) is 0 Å². The zero-order valence-corrected chi connectivity index (χ0v) is 15.2. The first-order valence-corrected chi connectivity index (χ1v) is 9.50. The normalized spacial score (nSPS) is 22.1. The SMILES string of the molecule is OCCN1CCCNCCN(CCO)CCCN(CCO)CCC1. The second-order valence-corrected chi connectivity index (χ2v) is 6.51. The van der Waals surface area contributed by atoms with Crippen LogP contribution >= 0.6 is 0 Å². The maximum absolute atomic E-state index is 9.26. The van der Waals surface area contributed by atoms with Crippen LogP contribution in [0.15, 0.2) is 0 Å². The Morgan fingerprint density at radius 2 is 0.958 bits per heavy atom. The molecule has 1 rings (SSSR count). The predicted molar refractivity (Wildman–Crippen MR) is 97.3 cm³/mol. The Morgan fingerprint density at radius 1 is 0.542 bits per heavy atom. The van der Waals surface area contributed by atoms with Crippen molar-refractivity contribution < 1.29 is 15.3 Å². The van der Waals surface area contributed by atoms with Crippen LogP contribution in [0.5, 0.6) is 0 Å². The third kappa shape index (κ3) is 10.6. The molecular weight excluding hydrogens is 308 g/mol. The van der Waals surface area contributed by atoms with Crippen LogP contribution in [0.1, 0.15) is 19.3 Å². The molecule has 24 heavy (non-hydrogen) atoms. The molecule has 1 aliphatic heterocycles. The first-order valence-electron chi connectivity index (χ1n) is 9.50. The van der Waals surface area contributed by atoms with E-state index >= 15 is 0 Å². The van der Waals surface area contributed by atoms with E-state index in [0.29, 0.717) is 0 Å². The van der Waals surface area contributed by atoms with Crippen LogP contribution in [0.3, 0.4) is 0 Å². The van der Waals surface area contributed by atoms with E-state index in [-0.39, 0.29) is 19.8 Å². The lowest BCUT2D eigenvalue weighted by molar-refractivity contribution is 0.159. The van der Waals surface area contributed by atoms with Crippen molar-refractivity contribution in [1.82, 2.24) is 20.0 Å². The molecule has 0 radical (unpaired) electrons. The third-order valence-electron chi connectivity index (χ3n) is 4.58. The number of nitrogens with one attached hydrogen (secondary N) is 1. The van der Waals surface area contributed by atoms with Crippen molar-refractivity contribution in [3.05, 3.63) is 0 Å². The lowest BCUT2D eigenvalue weighted by atomic mass is 10.3. The lowest BCUT2D eigenvalue weighted by Crippen LogP contribution is -2.37. The Kier molecular flexibility index (Phi) is 13.6. The minimum atomic E-state index is 0.199. The molecule has 7 heteroatoms. The number of rotatable bonds is 6. The number of β-amino-alcohol motifs (C(OH)–C–C–N with tert-alkyl or cyclic N) is 3. The van der Waals surface area contributed by atoms with Crippen LogP contribution < -0.4 is 5.32 Å². The molecule has 0 aromatic heterocycles. The zero-order chi connectivity index (χ0) is 17.5. The second-order valence-electron chi connectivity index (χ2n) is 6.51. The molecule has 0 bridgehead atoms. The van der Waals surface area contributed by atoms with Crippen molar-refractivity contribution in [3.8, 4) is 0 Å². The van der Waals surface area contributed by atoms with Gasteiger partial charge >= 0.3 is 0 Å². The van der Waals surface area contributed by atoms with Crippen LogP contribution in [0, 0.1) is 0 Å². The first kappa shape index (κ1) is 21.8. The van der Waals surface area contributed by atoms with Gasteiger partial charge in [0.1, 0.15) is 0 Å². The highest BCUT2D eigenvalue weighted by Crippen LogP contribution is 2.01. The third-order valence-corrected chi connectivity index (χ3v) is 4.58. The van der Waals surface area contributed by atoms with E-state index in [1.807, 2.05) is 0 Å². The lowest BCUT2D eigenvalue weighted by Gasteiger charge is -2.26. The molecule has 1 heterocycles. The van der Waals surface area contributed by atoms with Crippen molar-refractivity contribution in [2.45, 2.75) is 19.3 Å². The molecule has 0 spiro atoms. The van der Waals surface area contributed by atoms with E-state index in [0.717, 1.165) is 91.3 Å². The minimum absolute atomic E-state index is 0.199. The van der Waals surface area contributed by atoms with Gasteiger partial charge in [0.15, 0.2) is 0 Å². The Hall–Kier alpha value is -0.280. The van der Waals surface area contributed by atoms with Gasteiger partial charge in [-0.25, -0.2) is 0 Å². The van der Waals surface area contributed by atoms with E-state index in [2.05, 4.69) is 20.0 Å². The van der Waals surface area contributed by atoms with E-state index in [4.69, 9.17) is 0 Å². The summed E-state index contributed by atoms with van der Waals surface area (Å²) in [4.78, 5) is 6.96. The summed E-state index contributed by atoms with van der Waals surface area (Å²) >= 11 is 0. The van der Waals surface area contributed by atoms with Gasteiger partial charge in [0.25, 0.3) is 0 Å². The summed E-state index contributed by atoms with van der Waals surface area (Å²) in [6, 6.07) is 0. The van der Waals surface area contributed by atoms with Gasteiger partial charge in [-0.1, -0.05) is 0 Å². The van der Waals surface area contributed by atoms with Crippen LogP contribution in [0.25, 0.3) is 0 Å². The van der Waals surface area contributed by atoms with Crippen molar-refractivity contribution >= 4 is 0 Å². The topological polar surface area (TPSA) is 82.4 Å². The summed E-state index contributed by atoms with van der Waals surface area (Å²) in [5.74, 6) is 0. The highest BCUT2D eigenvalue weighted by atomic mass is 16.3. The highest BCUT2D eigenvalue weighted by Gasteiger charge is 2.10. The molecule has 0 unspecified atom stereocenters. The summed E-state index contributed by atoms with van der Waals surface area (Å²) < 4.78 is 0. The standard InChI is InChI=1S/C17H38N4O3/c22-15-12-19-6-1-4-18-5-11-21(14-17-24)10-3-9-20(13-16-23)8-2-7-19/h18,22-24H,1-17H2. The Balaban J connectivity index is 2.51. The smallest absolute Gasteiger partial charge is 0.0558 e. The van der Waals surface area contributed by atoms with Gasteiger partial charge in [-0.15, -0.1) is 0 Å². The van der Waals surface area contributed by atoms with E-state index in [9.17, 15) is 15.3 Å². The monoisotopic (exact) mass is 346 g/mol. The Bertz CT molecular complexity index is 261. The number of aliphatic hydroxyl groups is 3. The van der Waals surface area contributed by atoms with Gasteiger partial charge in [0.2, 0.25) is 0 Å². The highest BCUT2D eigenvalue weighted by molar-refractivity contribution is 4.67. The fraction of sp³-hybridized carbons (Fsp3) is 1.00. The maximum Gasteiger partial charge on any atom is 0.0558 e. The molecule has 1 fully saturated rings. The molecule has 0 amide bonds. The quantitative estimate of drug-likeness (QED) is 0.473. The number of hydrogen-bond acceptors (Lipinski definition) is 7. The molecule has 0 aromatic rings. The molecular formula is C17H38N4O3. The largest absolute Gasteiger partial charge is 0.395 e. The fourth-order valence-electron chi connectivity index (χ4n) is 3.26. The molecule has 0 atom stereocenters. The number of nitrogens with zero attached hydrogens (tertiary/aromatic N) is 3. The average Bonchev–Trinajstić information content (AvgIpc) is 2.57. The molecule has 7 nitrogen and oxygen atoms in total. The van der Waals surface area contributed by atoms with E-state index in [1.165, 1.54) is 0 Å². The van der Waals surface area contributed by atoms with Gasteiger partial charge in [0, 0.05) is 32.7 Å². The molecule has 0 aliphatic carbocycles. The van der Waals surface area contributed by atoms with Crippen LogP contribution in [0.4, 0.5) is 0 Å². The summed E-state index contributed by atoms with van der Waals surface area (Å²) in [6.07, 6.45) is 3.20. The second kappa shape index (κ2) is 15.0. The minimum Gasteiger partial charge on any atom is -0.395 e. The van der Waals surface area contributed by atoms with Crippen molar-refractivity contribution in [2.24, 2.45) is 0 Å². The van der Waals surface area contributed by atoms with Gasteiger partial charge in [-0.05, 0) is 58.5 Å². The molecule has 144 valence electrons. The molecule has 1 aliphatic rings. The van der Waals surface area contributed by atoms with Crippen LogP contribution in [-0.4, -0.2) is 122 Å². The predicted octanol–water partition coefficient (Wildman–Crippen LogP) is -1.36. The first-order chi connectivity index (χ1) is 11.8. The molecule has 0 aromatic carbocycles. The molecule has 4 N–H and O–H groups in total. The Labute approximate surface area is 147 Å². The number of hydrogen-bond donors (Lipinski definition) is 4. The van der Waals surface area contributed by atoms with Gasteiger partial charge in [0.05, 0.1) is 19.8 Å². The fourth-order valence-corrected chi connectivity index (χ4v) is 3.26. The van der Waals surface area contributed by atoms with Gasteiger partial charge < -0.3 is 30.4 Å². The van der Waals surface area contributed by atoms with Gasteiger partial charge in [-0.3, -0.25) is 4.90 Å². The summed E-state index contributed by atoms with van der Waals surface area (Å²) in [5, 5.41) is 31.2. The average molecular weight is 347 g/mol. The van der Waals surface area contributed by atoms with Crippen LogP contribution in [-0.2, 0) is 0 Å². The molecule has 0 saturated carbocycles. The van der Waals surface area contributed by atoms with E-state index < -0.39 is 0 Å². The van der Waals surface area contributed by atoms with Crippen molar-refractivity contribution in [3.63, 3.8) is 0 Å². The summed E-state index contributed by atoms with van der Waals surface area (Å²) in [5.41, 5.74) is 0. The summed E-state index contributed by atoms with van der Waals surface area (Å²) in [7, 11) is 0. The van der Waals surface area contributed by atoms with Crippen LogP contribution in [0.2, 0.25) is 0 Å².